The number of esters is 2. The molecule has 0 saturated carbocycles. The molecule has 1 aliphatic rings. The maximum Gasteiger partial charge on any atom is 0.491 e. The summed E-state index contributed by atoms with van der Waals surface area (Å²) in [6.45, 7) is 1.65. The Morgan fingerprint density at radius 2 is 1.88 bits per heavy atom. The number of benzene rings is 1. The molecular formula is C24H23F3N4O3. The van der Waals surface area contributed by atoms with Gasteiger partial charge in [0.15, 0.2) is 5.69 Å². The number of carbonyl (C=O) groups excluding carboxylic acids is 2. The average molecular weight is 472 g/mol. The molecule has 0 bridgehead atoms. The number of hydrogen-bond acceptors (Lipinski definition) is 6. The number of carbonyl (C=O) groups is 2. The molecule has 34 heavy (non-hydrogen) atoms. The number of ether oxygens (including phenoxy) is 1. The number of nitrogens with zero attached hydrogens (tertiary/aromatic N) is 3. The van der Waals surface area contributed by atoms with Gasteiger partial charge in [-0.3, -0.25) is 9.67 Å². The molecule has 4 rings (SSSR count). The van der Waals surface area contributed by atoms with Gasteiger partial charge in [-0.05, 0) is 56.0 Å². The van der Waals surface area contributed by atoms with Crippen LogP contribution in [0.2, 0.25) is 0 Å². The van der Waals surface area contributed by atoms with Crippen molar-refractivity contribution in [2.45, 2.75) is 38.4 Å². The number of halogens is 3. The van der Waals surface area contributed by atoms with Crippen molar-refractivity contribution in [3.05, 3.63) is 71.2 Å². The Morgan fingerprint density at radius 1 is 1.09 bits per heavy atom. The molecule has 0 aliphatic heterocycles. The Kier molecular flexibility index (Phi) is 7.06. The number of alkyl halides is 3. The van der Waals surface area contributed by atoms with Crippen LogP contribution in [0.25, 0.3) is 11.3 Å². The molecular weight excluding hydrogens is 449 g/mol. The highest BCUT2D eigenvalue weighted by atomic mass is 19.4. The lowest BCUT2D eigenvalue weighted by Gasteiger charge is -2.15. The summed E-state index contributed by atoms with van der Waals surface area (Å²) in [5.41, 5.74) is 3.80. The first-order valence-corrected chi connectivity index (χ1v) is 11.0. The lowest BCUT2D eigenvalue weighted by Crippen LogP contribution is -2.29. The first-order chi connectivity index (χ1) is 16.3. The average Bonchev–Trinajstić information content (AvgIpc) is 3.20. The van der Waals surface area contributed by atoms with E-state index >= 15 is 0 Å². The van der Waals surface area contributed by atoms with E-state index in [9.17, 15) is 22.8 Å². The summed E-state index contributed by atoms with van der Waals surface area (Å²) < 4.78 is 43.5. The maximum absolute atomic E-state index is 12.7. The highest BCUT2D eigenvalue weighted by Crippen LogP contribution is 2.34. The number of fused-ring (bicyclic) bond motifs is 3. The fourth-order valence-corrected chi connectivity index (χ4v) is 4.01. The van der Waals surface area contributed by atoms with Crippen LogP contribution in [0.3, 0.4) is 0 Å². The van der Waals surface area contributed by atoms with E-state index in [1.165, 1.54) is 10.2 Å². The third-order valence-corrected chi connectivity index (χ3v) is 5.62. The van der Waals surface area contributed by atoms with Crippen LogP contribution in [0.4, 0.5) is 13.2 Å². The van der Waals surface area contributed by atoms with Crippen LogP contribution >= 0.6 is 0 Å². The van der Waals surface area contributed by atoms with Crippen molar-refractivity contribution in [2.24, 2.45) is 0 Å². The van der Waals surface area contributed by atoms with Gasteiger partial charge in [0, 0.05) is 30.1 Å². The molecule has 7 nitrogen and oxygen atoms in total. The lowest BCUT2D eigenvalue weighted by atomic mass is 9.90. The van der Waals surface area contributed by atoms with Crippen molar-refractivity contribution in [2.75, 3.05) is 13.1 Å². The zero-order valence-corrected chi connectivity index (χ0v) is 18.3. The second-order valence-electron chi connectivity index (χ2n) is 7.95. The minimum Gasteiger partial charge on any atom is -0.381 e. The summed E-state index contributed by atoms with van der Waals surface area (Å²) in [6, 6.07) is 11.8. The van der Waals surface area contributed by atoms with Crippen molar-refractivity contribution in [1.82, 2.24) is 20.1 Å². The fraction of sp³-hybridized carbons (Fsp3) is 0.333. The highest BCUT2D eigenvalue weighted by molar-refractivity contribution is 5.99. The molecule has 0 fully saturated rings. The third kappa shape index (κ3) is 5.33. The molecule has 2 aromatic heterocycles. The van der Waals surface area contributed by atoms with Gasteiger partial charge >= 0.3 is 18.1 Å². The zero-order chi connectivity index (χ0) is 24.1. The summed E-state index contributed by atoms with van der Waals surface area (Å²) in [5.74, 6) is -3.88. The minimum atomic E-state index is -5.26. The lowest BCUT2D eigenvalue weighted by molar-refractivity contribution is -0.193. The molecule has 2 heterocycles. The molecule has 0 atom stereocenters. The normalized spacial score (nSPS) is 12.7. The van der Waals surface area contributed by atoms with E-state index in [1.54, 1.807) is 18.5 Å². The Hall–Kier alpha value is -3.53. The Balaban J connectivity index is 1.48. The first-order valence-electron chi connectivity index (χ1n) is 11.0. The number of hydrogen-bond donors (Lipinski definition) is 1. The van der Waals surface area contributed by atoms with Crippen molar-refractivity contribution in [3.63, 3.8) is 0 Å². The van der Waals surface area contributed by atoms with Gasteiger partial charge in [-0.1, -0.05) is 30.3 Å². The topological polar surface area (TPSA) is 86.1 Å². The van der Waals surface area contributed by atoms with Gasteiger partial charge in [0.1, 0.15) is 0 Å². The van der Waals surface area contributed by atoms with Gasteiger partial charge < -0.3 is 10.1 Å². The van der Waals surface area contributed by atoms with Gasteiger partial charge in [0.25, 0.3) is 0 Å². The molecule has 1 aromatic carbocycles. The van der Waals surface area contributed by atoms with E-state index in [-0.39, 0.29) is 12.2 Å². The Morgan fingerprint density at radius 3 is 2.65 bits per heavy atom. The predicted octanol–water partition coefficient (Wildman–Crippen LogP) is 3.51. The molecule has 0 amide bonds. The van der Waals surface area contributed by atoms with Crippen LogP contribution in [-0.2, 0) is 35.3 Å². The van der Waals surface area contributed by atoms with Crippen molar-refractivity contribution in [3.8, 4) is 11.3 Å². The summed E-state index contributed by atoms with van der Waals surface area (Å²) in [6.07, 6.45) is 0.407. The standard InChI is InChI=1S/C24H23F3N4O3/c25-24(26,27)23(33)34-22(32)21-19-8-7-17-15-29-13-10-18(17)20(19)30-31(21)14-4-11-28-12-9-16-5-2-1-3-6-16/h1-3,5-6,10,13,15,28H,4,7-9,11-12,14H2. The van der Waals surface area contributed by atoms with E-state index < -0.39 is 18.1 Å². The molecule has 178 valence electrons. The molecule has 10 heteroatoms. The second-order valence-corrected chi connectivity index (χ2v) is 7.95. The van der Waals surface area contributed by atoms with Crippen LogP contribution in [0.15, 0.2) is 48.8 Å². The van der Waals surface area contributed by atoms with Gasteiger partial charge in [-0.25, -0.2) is 9.59 Å². The van der Waals surface area contributed by atoms with E-state index in [2.05, 4.69) is 20.1 Å². The number of aromatic nitrogens is 3. The molecule has 3 aromatic rings. The van der Waals surface area contributed by atoms with Crippen LogP contribution < -0.4 is 5.32 Å². The monoisotopic (exact) mass is 472 g/mol. The summed E-state index contributed by atoms with van der Waals surface area (Å²) in [7, 11) is 0. The zero-order valence-electron chi connectivity index (χ0n) is 18.3. The summed E-state index contributed by atoms with van der Waals surface area (Å²) in [4.78, 5) is 28.0. The SMILES string of the molecule is O=C(OC(=O)C(F)(F)F)c1c2c(nn1CCCNCCc1ccccc1)-c1ccncc1CC2. The van der Waals surface area contributed by atoms with Gasteiger partial charge in [0.05, 0.1) is 5.69 Å². The minimum absolute atomic E-state index is 0.112. The largest absolute Gasteiger partial charge is 0.491 e. The van der Waals surface area contributed by atoms with Crippen molar-refractivity contribution < 1.29 is 27.5 Å². The van der Waals surface area contributed by atoms with Crippen molar-refractivity contribution in [1.29, 1.82) is 0 Å². The molecule has 0 unspecified atom stereocenters. The number of aryl methyl sites for hydroxylation is 2. The molecule has 1 aliphatic carbocycles. The quantitative estimate of drug-likeness (QED) is 0.307. The highest BCUT2D eigenvalue weighted by Gasteiger charge is 2.43. The van der Waals surface area contributed by atoms with Crippen LogP contribution in [0, 0.1) is 0 Å². The van der Waals surface area contributed by atoms with Crippen LogP contribution in [0.1, 0.15) is 33.6 Å². The number of pyridine rings is 1. The summed E-state index contributed by atoms with van der Waals surface area (Å²) in [5, 5.41) is 7.83. The number of nitrogens with one attached hydrogen (secondary N) is 1. The van der Waals surface area contributed by atoms with Gasteiger partial charge in [0.2, 0.25) is 0 Å². The molecule has 0 saturated heterocycles. The van der Waals surface area contributed by atoms with E-state index in [1.807, 2.05) is 30.3 Å². The van der Waals surface area contributed by atoms with E-state index in [0.29, 0.717) is 37.1 Å². The summed E-state index contributed by atoms with van der Waals surface area (Å²) >= 11 is 0. The molecule has 1 N–H and O–H groups in total. The smallest absolute Gasteiger partial charge is 0.381 e. The Bertz CT molecular complexity index is 1180. The fourth-order valence-electron chi connectivity index (χ4n) is 4.01. The molecule has 0 radical (unpaired) electrons. The first kappa shape index (κ1) is 23.6. The van der Waals surface area contributed by atoms with Crippen LogP contribution in [-0.4, -0.2) is 46.0 Å². The van der Waals surface area contributed by atoms with Crippen LogP contribution in [0.5, 0.6) is 0 Å². The Labute approximate surface area is 193 Å². The third-order valence-electron chi connectivity index (χ3n) is 5.62. The second kappa shape index (κ2) is 10.2. The predicted molar refractivity (Wildman–Crippen MR) is 117 cm³/mol. The van der Waals surface area contributed by atoms with Gasteiger partial charge in [-0.15, -0.1) is 0 Å². The maximum atomic E-state index is 12.7. The van der Waals surface area contributed by atoms with Gasteiger partial charge in [-0.2, -0.15) is 18.3 Å². The van der Waals surface area contributed by atoms with Crippen molar-refractivity contribution >= 4 is 11.9 Å². The number of rotatable bonds is 8. The molecule has 0 spiro atoms. The van der Waals surface area contributed by atoms with E-state index in [4.69, 9.17) is 0 Å². The van der Waals surface area contributed by atoms with E-state index in [0.717, 1.165) is 24.1 Å².